The van der Waals surface area contributed by atoms with Crippen molar-refractivity contribution in [3.63, 3.8) is 0 Å². The number of benzene rings is 1. The Bertz CT molecular complexity index is 632. The Morgan fingerprint density at radius 3 is 2.86 bits per heavy atom. The van der Waals surface area contributed by atoms with Crippen molar-refractivity contribution in [2.75, 3.05) is 0 Å². The van der Waals surface area contributed by atoms with Crippen LogP contribution in [-0.4, -0.2) is 21.2 Å². The number of ether oxygens (including phenoxy) is 1. The van der Waals surface area contributed by atoms with Crippen molar-refractivity contribution >= 4 is 28.7 Å². The van der Waals surface area contributed by atoms with Crippen LogP contribution in [-0.2, 0) is 11.3 Å². The summed E-state index contributed by atoms with van der Waals surface area (Å²) in [5.74, 6) is 0. The minimum absolute atomic E-state index is 0.361. The van der Waals surface area contributed by atoms with Crippen molar-refractivity contribution in [3.8, 4) is 5.69 Å². The van der Waals surface area contributed by atoms with E-state index in [-0.39, 0.29) is 0 Å². The van der Waals surface area contributed by atoms with Crippen LogP contribution in [0.3, 0.4) is 0 Å². The molecule has 0 saturated heterocycles. The van der Waals surface area contributed by atoms with Gasteiger partial charge in [0.15, 0.2) is 0 Å². The summed E-state index contributed by atoms with van der Waals surface area (Å²) < 4.78 is 8.31. The fraction of sp³-hybridized carbons (Fsp3) is 0.333. The molecule has 0 bridgehead atoms. The van der Waals surface area contributed by atoms with E-state index in [1.807, 2.05) is 43.5 Å². The van der Waals surface area contributed by atoms with Gasteiger partial charge in [-0.15, -0.1) is 0 Å². The number of nitrogens with one attached hydrogen (secondary N) is 1. The highest BCUT2D eigenvalue weighted by atomic mass is 127. The van der Waals surface area contributed by atoms with Gasteiger partial charge in [0.2, 0.25) is 0 Å². The second-order valence-electron chi connectivity index (χ2n) is 5.59. The topological polar surface area (TPSA) is 56.1 Å². The maximum Gasteiger partial charge on any atom is 0.407 e. The summed E-state index contributed by atoms with van der Waals surface area (Å²) >= 11 is 2.27. The SMILES string of the molecule is CC(C)(C)OC(=O)NCc1cncn1-c1cccc(I)c1. The van der Waals surface area contributed by atoms with Crippen LogP contribution in [0, 0.1) is 3.57 Å². The van der Waals surface area contributed by atoms with Crippen LogP contribution in [0.1, 0.15) is 26.5 Å². The smallest absolute Gasteiger partial charge is 0.407 e. The summed E-state index contributed by atoms with van der Waals surface area (Å²) in [6, 6.07) is 8.07. The lowest BCUT2D eigenvalue weighted by Gasteiger charge is -2.19. The molecule has 1 amide bonds. The number of halogens is 1. The molecule has 21 heavy (non-hydrogen) atoms. The van der Waals surface area contributed by atoms with E-state index in [1.54, 1.807) is 12.5 Å². The fourth-order valence-electron chi connectivity index (χ4n) is 1.79. The number of nitrogens with zero attached hydrogens (tertiary/aromatic N) is 2. The minimum Gasteiger partial charge on any atom is -0.444 e. The van der Waals surface area contributed by atoms with E-state index in [0.717, 1.165) is 15.0 Å². The van der Waals surface area contributed by atoms with E-state index < -0.39 is 11.7 Å². The van der Waals surface area contributed by atoms with E-state index >= 15 is 0 Å². The Hall–Kier alpha value is -1.57. The molecule has 112 valence electrons. The molecule has 6 heteroatoms. The van der Waals surface area contributed by atoms with Gasteiger partial charge in [-0.3, -0.25) is 0 Å². The van der Waals surface area contributed by atoms with E-state index in [9.17, 15) is 4.79 Å². The monoisotopic (exact) mass is 399 g/mol. The molecule has 0 atom stereocenters. The van der Waals surface area contributed by atoms with Gasteiger partial charge in [-0.1, -0.05) is 6.07 Å². The van der Waals surface area contributed by atoms with Gasteiger partial charge in [0, 0.05) is 9.26 Å². The molecule has 0 aliphatic heterocycles. The highest BCUT2D eigenvalue weighted by molar-refractivity contribution is 14.1. The second kappa shape index (κ2) is 6.46. The van der Waals surface area contributed by atoms with E-state index in [2.05, 4.69) is 39.0 Å². The van der Waals surface area contributed by atoms with Crippen molar-refractivity contribution < 1.29 is 9.53 Å². The molecule has 1 N–H and O–H groups in total. The van der Waals surface area contributed by atoms with Crippen LogP contribution in [0.25, 0.3) is 5.69 Å². The lowest BCUT2D eigenvalue weighted by Crippen LogP contribution is -2.32. The fourth-order valence-corrected chi connectivity index (χ4v) is 2.32. The third-order valence-corrected chi connectivity index (χ3v) is 3.29. The first-order valence-corrected chi connectivity index (χ1v) is 7.67. The van der Waals surface area contributed by atoms with Gasteiger partial charge in [-0.2, -0.15) is 0 Å². The Kier molecular flexibility index (Phi) is 4.87. The number of hydrogen-bond acceptors (Lipinski definition) is 3. The van der Waals surface area contributed by atoms with Gasteiger partial charge in [0.1, 0.15) is 5.60 Å². The van der Waals surface area contributed by atoms with Crippen molar-refractivity contribution in [2.45, 2.75) is 32.9 Å². The first-order chi connectivity index (χ1) is 9.85. The normalized spacial score (nSPS) is 11.2. The van der Waals surface area contributed by atoms with Gasteiger partial charge in [0.05, 0.1) is 24.8 Å². The Morgan fingerprint density at radius 2 is 2.19 bits per heavy atom. The molecule has 0 aliphatic rings. The van der Waals surface area contributed by atoms with Crippen LogP contribution in [0.4, 0.5) is 4.79 Å². The highest BCUT2D eigenvalue weighted by Gasteiger charge is 2.16. The molecular weight excluding hydrogens is 381 g/mol. The van der Waals surface area contributed by atoms with E-state index in [0.29, 0.717) is 6.54 Å². The van der Waals surface area contributed by atoms with Gasteiger partial charge in [0.25, 0.3) is 0 Å². The Balaban J connectivity index is 2.06. The number of aromatic nitrogens is 2. The third kappa shape index (κ3) is 4.73. The molecule has 2 aromatic rings. The minimum atomic E-state index is -0.500. The standard InChI is InChI=1S/C15H18IN3O2/c1-15(2,3)21-14(20)18-9-13-8-17-10-19(13)12-6-4-5-11(16)7-12/h4-8,10H,9H2,1-3H3,(H,18,20). The largest absolute Gasteiger partial charge is 0.444 e. The van der Waals surface area contributed by atoms with Crippen LogP contribution >= 0.6 is 22.6 Å². The predicted molar refractivity (Wildman–Crippen MR) is 89.4 cm³/mol. The van der Waals surface area contributed by atoms with Crippen molar-refractivity contribution in [3.05, 3.63) is 46.1 Å². The zero-order valence-corrected chi connectivity index (χ0v) is 14.4. The molecule has 1 aromatic carbocycles. The maximum absolute atomic E-state index is 11.7. The molecular formula is C15H18IN3O2. The summed E-state index contributed by atoms with van der Waals surface area (Å²) in [6.45, 7) is 5.87. The molecule has 1 heterocycles. The van der Waals surface area contributed by atoms with Crippen LogP contribution in [0.5, 0.6) is 0 Å². The predicted octanol–water partition coefficient (Wildman–Crippen LogP) is 3.50. The molecule has 0 radical (unpaired) electrons. The second-order valence-corrected chi connectivity index (χ2v) is 6.84. The van der Waals surface area contributed by atoms with Crippen molar-refractivity contribution in [1.82, 2.24) is 14.9 Å². The number of carbonyl (C=O) groups excluding carboxylic acids is 1. The number of rotatable bonds is 3. The van der Waals surface area contributed by atoms with Crippen LogP contribution in [0.2, 0.25) is 0 Å². The molecule has 0 saturated carbocycles. The van der Waals surface area contributed by atoms with E-state index in [4.69, 9.17) is 4.74 Å². The lowest BCUT2D eigenvalue weighted by atomic mass is 10.2. The summed E-state index contributed by atoms with van der Waals surface area (Å²) in [5, 5.41) is 2.74. The van der Waals surface area contributed by atoms with E-state index in [1.165, 1.54) is 0 Å². The highest BCUT2D eigenvalue weighted by Crippen LogP contribution is 2.15. The third-order valence-electron chi connectivity index (χ3n) is 2.61. The quantitative estimate of drug-likeness (QED) is 0.804. The summed E-state index contributed by atoms with van der Waals surface area (Å²) in [4.78, 5) is 15.8. The zero-order chi connectivity index (χ0) is 15.5. The summed E-state index contributed by atoms with van der Waals surface area (Å²) in [5.41, 5.74) is 1.41. The number of imidazole rings is 1. The molecule has 5 nitrogen and oxygen atoms in total. The first kappa shape index (κ1) is 15.8. The van der Waals surface area contributed by atoms with Crippen molar-refractivity contribution in [1.29, 1.82) is 0 Å². The van der Waals surface area contributed by atoms with Gasteiger partial charge < -0.3 is 14.6 Å². The number of amides is 1. The molecule has 2 rings (SSSR count). The average molecular weight is 399 g/mol. The molecule has 0 aliphatic carbocycles. The molecule has 0 unspecified atom stereocenters. The average Bonchev–Trinajstić information content (AvgIpc) is 2.82. The number of alkyl carbamates (subject to hydrolysis) is 1. The van der Waals surface area contributed by atoms with Crippen LogP contribution in [0.15, 0.2) is 36.8 Å². The molecule has 0 spiro atoms. The van der Waals surface area contributed by atoms with Gasteiger partial charge in [-0.05, 0) is 61.6 Å². The molecule has 1 aromatic heterocycles. The van der Waals surface area contributed by atoms with Gasteiger partial charge >= 0.3 is 6.09 Å². The van der Waals surface area contributed by atoms with Crippen molar-refractivity contribution in [2.24, 2.45) is 0 Å². The maximum atomic E-state index is 11.7. The lowest BCUT2D eigenvalue weighted by molar-refractivity contribution is 0.0522. The number of hydrogen-bond donors (Lipinski definition) is 1. The Labute approximate surface area is 137 Å². The molecule has 0 fully saturated rings. The summed E-state index contributed by atoms with van der Waals surface area (Å²) in [7, 11) is 0. The van der Waals surface area contributed by atoms with Gasteiger partial charge in [-0.25, -0.2) is 9.78 Å². The number of carbonyl (C=O) groups is 1. The van der Waals surface area contributed by atoms with Crippen LogP contribution < -0.4 is 5.32 Å². The Morgan fingerprint density at radius 1 is 1.43 bits per heavy atom. The zero-order valence-electron chi connectivity index (χ0n) is 12.3. The first-order valence-electron chi connectivity index (χ1n) is 6.59. The summed E-state index contributed by atoms with van der Waals surface area (Å²) in [6.07, 6.45) is 3.03.